The van der Waals surface area contributed by atoms with E-state index in [0.29, 0.717) is 5.69 Å². The molecule has 4 nitrogen and oxygen atoms in total. The monoisotopic (exact) mass is 676 g/mol. The predicted molar refractivity (Wildman–Crippen MR) is 220 cm³/mol. The third-order valence-corrected chi connectivity index (χ3v) is 9.67. The van der Waals surface area contributed by atoms with Gasteiger partial charge in [0.25, 0.3) is 0 Å². The molecule has 0 aliphatic heterocycles. The number of benzene rings is 8. The van der Waals surface area contributed by atoms with Crippen molar-refractivity contribution in [3.05, 3.63) is 206 Å². The molecule has 0 radical (unpaired) electrons. The molecular formula is C49H32N4. The zero-order chi connectivity index (χ0) is 35.6. The Morgan fingerprint density at radius 2 is 0.849 bits per heavy atom. The summed E-state index contributed by atoms with van der Waals surface area (Å²) in [4.78, 5) is 16.4. The van der Waals surface area contributed by atoms with Crippen LogP contribution in [0.15, 0.2) is 194 Å². The van der Waals surface area contributed by atoms with Crippen LogP contribution in [0.3, 0.4) is 0 Å². The van der Waals surface area contributed by atoms with E-state index in [1.54, 1.807) is 0 Å². The Balaban J connectivity index is 1.10. The van der Waals surface area contributed by atoms with Crippen molar-refractivity contribution in [3.8, 4) is 44.8 Å². The molecule has 0 amide bonds. The van der Waals surface area contributed by atoms with E-state index in [1.807, 2.05) is 66.7 Å². The van der Waals surface area contributed by atoms with E-state index in [0.717, 1.165) is 83.6 Å². The summed E-state index contributed by atoms with van der Waals surface area (Å²) in [5.41, 5.74) is 13.9. The summed E-state index contributed by atoms with van der Waals surface area (Å²) in [5, 5.41) is 2.20. The minimum Gasteiger partial charge on any atom is -0.311 e. The van der Waals surface area contributed by atoms with E-state index in [9.17, 15) is 0 Å². The number of rotatable bonds is 7. The molecule has 0 aliphatic carbocycles. The summed E-state index contributed by atoms with van der Waals surface area (Å²) in [6, 6.07) is 67.0. The molecule has 0 saturated carbocycles. The van der Waals surface area contributed by atoms with Gasteiger partial charge in [-0.25, -0.2) is 14.8 Å². The van der Waals surface area contributed by atoms with Crippen LogP contribution in [0.4, 0.5) is 22.7 Å². The first kappa shape index (κ1) is 31.6. The summed E-state index contributed by atoms with van der Waals surface area (Å²) in [6.07, 6.45) is 0. The van der Waals surface area contributed by atoms with E-state index >= 15 is 0 Å². The van der Waals surface area contributed by atoms with Crippen molar-refractivity contribution in [2.75, 3.05) is 4.90 Å². The molecule has 8 aromatic carbocycles. The Morgan fingerprint density at radius 1 is 0.396 bits per heavy atom. The highest BCUT2D eigenvalue weighted by Crippen LogP contribution is 2.38. The number of para-hydroxylation sites is 1. The third kappa shape index (κ3) is 6.18. The van der Waals surface area contributed by atoms with Gasteiger partial charge in [-0.1, -0.05) is 146 Å². The third-order valence-electron chi connectivity index (χ3n) is 9.67. The van der Waals surface area contributed by atoms with E-state index in [4.69, 9.17) is 16.5 Å². The lowest BCUT2D eigenvalue weighted by Gasteiger charge is -2.26. The van der Waals surface area contributed by atoms with Gasteiger partial charge in [0.1, 0.15) is 0 Å². The molecule has 0 unspecified atom stereocenters. The Bertz CT molecular complexity index is 2740. The average Bonchev–Trinajstić information content (AvgIpc) is 3.24. The molecule has 0 atom stereocenters. The van der Waals surface area contributed by atoms with E-state index in [1.165, 1.54) is 0 Å². The van der Waals surface area contributed by atoms with E-state index in [-0.39, 0.29) is 0 Å². The van der Waals surface area contributed by atoms with Crippen LogP contribution in [0, 0.1) is 6.57 Å². The van der Waals surface area contributed by atoms with Crippen molar-refractivity contribution < 1.29 is 0 Å². The van der Waals surface area contributed by atoms with E-state index in [2.05, 4.69) is 137 Å². The molecule has 0 bridgehead atoms. The number of hydrogen-bond acceptors (Lipinski definition) is 3. The van der Waals surface area contributed by atoms with E-state index < -0.39 is 0 Å². The van der Waals surface area contributed by atoms with Crippen molar-refractivity contribution in [3.63, 3.8) is 0 Å². The minimum absolute atomic E-state index is 0.643. The van der Waals surface area contributed by atoms with Gasteiger partial charge in [-0.05, 0) is 76.2 Å². The lowest BCUT2D eigenvalue weighted by molar-refractivity contribution is 1.28. The van der Waals surface area contributed by atoms with Crippen LogP contribution in [-0.2, 0) is 0 Å². The van der Waals surface area contributed by atoms with Crippen LogP contribution in [0.1, 0.15) is 0 Å². The van der Waals surface area contributed by atoms with Crippen molar-refractivity contribution in [2.24, 2.45) is 0 Å². The standard InChI is InChI=1S/C49H32N4/c1-50-41-26-19-34(20-27-41)35-21-28-43(29-22-35)53(42-15-9-4-10-16-42)44-30-23-36(24-31-44)40-18-17-37-25-32-46-49(45(37)33-40)52-48(39-13-7-3-8-14-39)47(51-46)38-11-5-2-6-12-38/h2-33H. The Morgan fingerprint density at radius 3 is 1.42 bits per heavy atom. The highest BCUT2D eigenvalue weighted by atomic mass is 15.1. The fourth-order valence-corrected chi connectivity index (χ4v) is 6.97. The molecule has 1 heterocycles. The molecular weight excluding hydrogens is 645 g/mol. The van der Waals surface area contributed by atoms with Crippen LogP contribution in [0.25, 0.3) is 71.4 Å². The average molecular weight is 677 g/mol. The Kier molecular flexibility index (Phi) is 8.20. The summed E-state index contributed by atoms with van der Waals surface area (Å²) in [6.45, 7) is 7.26. The molecule has 9 rings (SSSR count). The van der Waals surface area contributed by atoms with Crippen molar-refractivity contribution in [1.29, 1.82) is 0 Å². The normalized spacial score (nSPS) is 11.0. The molecule has 9 aromatic rings. The lowest BCUT2D eigenvalue weighted by Crippen LogP contribution is -2.09. The predicted octanol–water partition coefficient (Wildman–Crippen LogP) is 13.5. The minimum atomic E-state index is 0.643. The van der Waals surface area contributed by atoms with Crippen LogP contribution in [-0.4, -0.2) is 9.97 Å². The second-order valence-electron chi connectivity index (χ2n) is 12.9. The number of nitrogens with zero attached hydrogens (tertiary/aromatic N) is 4. The molecule has 248 valence electrons. The molecule has 0 aliphatic rings. The Hall–Kier alpha value is -7.35. The van der Waals surface area contributed by atoms with Crippen LogP contribution in [0.2, 0.25) is 0 Å². The second-order valence-corrected chi connectivity index (χ2v) is 12.9. The summed E-state index contributed by atoms with van der Waals surface area (Å²) in [7, 11) is 0. The molecule has 0 saturated heterocycles. The number of fused-ring (bicyclic) bond motifs is 3. The maximum absolute atomic E-state index is 7.26. The van der Waals surface area contributed by atoms with Gasteiger partial charge in [0.2, 0.25) is 0 Å². The van der Waals surface area contributed by atoms with Crippen molar-refractivity contribution in [1.82, 2.24) is 9.97 Å². The zero-order valence-electron chi connectivity index (χ0n) is 28.8. The molecule has 53 heavy (non-hydrogen) atoms. The molecule has 4 heteroatoms. The lowest BCUT2D eigenvalue weighted by atomic mass is 9.99. The second kappa shape index (κ2) is 13.8. The van der Waals surface area contributed by atoms with Gasteiger partial charge in [-0.2, -0.15) is 0 Å². The topological polar surface area (TPSA) is 33.4 Å². The fraction of sp³-hybridized carbons (Fsp3) is 0. The number of anilines is 3. The quantitative estimate of drug-likeness (QED) is 0.124. The van der Waals surface area contributed by atoms with Crippen molar-refractivity contribution in [2.45, 2.75) is 0 Å². The van der Waals surface area contributed by atoms with Gasteiger partial charge in [-0.3, -0.25) is 0 Å². The van der Waals surface area contributed by atoms with Gasteiger partial charge in [0.15, 0.2) is 5.69 Å². The zero-order valence-corrected chi connectivity index (χ0v) is 28.8. The smallest absolute Gasteiger partial charge is 0.187 e. The fourth-order valence-electron chi connectivity index (χ4n) is 6.97. The van der Waals surface area contributed by atoms with Gasteiger partial charge in [0.05, 0.1) is 29.0 Å². The molecule has 0 N–H and O–H groups in total. The highest BCUT2D eigenvalue weighted by Gasteiger charge is 2.16. The first-order chi connectivity index (χ1) is 26.2. The number of aromatic nitrogens is 2. The maximum atomic E-state index is 7.26. The molecule has 1 aromatic heterocycles. The van der Waals surface area contributed by atoms with Crippen LogP contribution >= 0.6 is 0 Å². The Labute approximate surface area is 308 Å². The van der Waals surface area contributed by atoms with Crippen LogP contribution < -0.4 is 4.90 Å². The highest BCUT2D eigenvalue weighted by molar-refractivity contribution is 6.07. The largest absolute Gasteiger partial charge is 0.311 e. The summed E-state index contributed by atoms with van der Waals surface area (Å²) < 4.78 is 0. The first-order valence-corrected chi connectivity index (χ1v) is 17.6. The summed E-state index contributed by atoms with van der Waals surface area (Å²) in [5.74, 6) is 0. The maximum Gasteiger partial charge on any atom is 0.187 e. The molecule has 0 fully saturated rings. The van der Waals surface area contributed by atoms with Gasteiger partial charge < -0.3 is 4.90 Å². The first-order valence-electron chi connectivity index (χ1n) is 17.6. The van der Waals surface area contributed by atoms with Gasteiger partial charge >= 0.3 is 0 Å². The van der Waals surface area contributed by atoms with Crippen molar-refractivity contribution >= 4 is 44.6 Å². The number of hydrogen-bond donors (Lipinski definition) is 0. The van der Waals surface area contributed by atoms with Gasteiger partial charge in [-0.15, -0.1) is 0 Å². The SMILES string of the molecule is [C-]#[N+]c1ccc(-c2ccc(N(c3ccccc3)c3ccc(-c4ccc5ccc6nc(-c7ccccc7)c(-c7ccccc7)nc6c5c4)cc3)cc2)cc1. The van der Waals surface area contributed by atoms with Crippen LogP contribution in [0.5, 0.6) is 0 Å². The van der Waals surface area contributed by atoms with Gasteiger partial charge in [0, 0.05) is 33.6 Å². The molecule has 0 spiro atoms. The summed E-state index contributed by atoms with van der Waals surface area (Å²) >= 11 is 0.